The molecule has 1 aromatic carbocycles. The summed E-state index contributed by atoms with van der Waals surface area (Å²) in [6.45, 7) is 1.62. The van der Waals surface area contributed by atoms with E-state index in [0.717, 1.165) is 5.76 Å². The smallest absolute Gasteiger partial charge is 0.276 e. The number of furan rings is 1. The van der Waals surface area contributed by atoms with Crippen LogP contribution in [0.15, 0.2) is 53.0 Å². The highest BCUT2D eigenvalue weighted by atomic mass is 32.1. The van der Waals surface area contributed by atoms with E-state index in [1.54, 1.807) is 43.3 Å². The predicted molar refractivity (Wildman–Crippen MR) is 96.4 cm³/mol. The molecule has 0 radical (unpaired) electrons. The molecule has 0 saturated heterocycles. The van der Waals surface area contributed by atoms with Crippen LogP contribution in [0.1, 0.15) is 11.5 Å². The summed E-state index contributed by atoms with van der Waals surface area (Å²) in [5, 5.41) is 2.34. The van der Waals surface area contributed by atoms with Gasteiger partial charge in [-0.3, -0.25) is 25.8 Å². The van der Waals surface area contributed by atoms with Gasteiger partial charge in [-0.15, -0.1) is 0 Å². The zero-order chi connectivity index (χ0) is 18.1. The van der Waals surface area contributed by atoms with Gasteiger partial charge in [-0.2, -0.15) is 0 Å². The lowest BCUT2D eigenvalue weighted by atomic mass is 10.3. The van der Waals surface area contributed by atoms with E-state index in [1.165, 1.54) is 12.2 Å². The van der Waals surface area contributed by atoms with Crippen LogP contribution in [-0.4, -0.2) is 23.5 Å². The van der Waals surface area contributed by atoms with E-state index in [0.29, 0.717) is 11.5 Å². The van der Waals surface area contributed by atoms with Crippen molar-refractivity contribution in [2.45, 2.75) is 6.92 Å². The van der Waals surface area contributed by atoms with Gasteiger partial charge in [0.25, 0.3) is 5.91 Å². The topological polar surface area (TPSA) is 92.6 Å². The Bertz CT molecular complexity index is 771. The van der Waals surface area contributed by atoms with Crippen LogP contribution >= 0.6 is 12.2 Å². The van der Waals surface area contributed by atoms with Gasteiger partial charge in [0.2, 0.25) is 5.91 Å². The third-order valence-electron chi connectivity index (χ3n) is 2.83. The van der Waals surface area contributed by atoms with Gasteiger partial charge in [-0.1, -0.05) is 18.2 Å². The van der Waals surface area contributed by atoms with Crippen LogP contribution in [0, 0.1) is 6.92 Å². The summed E-state index contributed by atoms with van der Waals surface area (Å²) in [5.74, 6) is 0.978. The molecule has 130 valence electrons. The Kier molecular flexibility index (Phi) is 6.73. The minimum absolute atomic E-state index is 0.0432. The molecule has 2 rings (SSSR count). The Hall–Kier alpha value is -3.13. The van der Waals surface area contributed by atoms with Crippen LogP contribution < -0.4 is 20.9 Å². The Morgan fingerprint density at radius 1 is 1.16 bits per heavy atom. The van der Waals surface area contributed by atoms with Crippen LogP contribution in [0.3, 0.4) is 0 Å². The van der Waals surface area contributed by atoms with Gasteiger partial charge in [0.15, 0.2) is 11.7 Å². The maximum absolute atomic E-state index is 11.7. The van der Waals surface area contributed by atoms with Gasteiger partial charge in [-0.05, 0) is 49.5 Å². The van der Waals surface area contributed by atoms with Crippen molar-refractivity contribution in [2.75, 3.05) is 6.61 Å². The molecule has 0 bridgehead atoms. The van der Waals surface area contributed by atoms with E-state index in [9.17, 15) is 9.59 Å². The largest absolute Gasteiger partial charge is 0.484 e. The molecule has 1 aromatic heterocycles. The minimum Gasteiger partial charge on any atom is -0.484 e. The van der Waals surface area contributed by atoms with E-state index in [-0.39, 0.29) is 11.7 Å². The van der Waals surface area contributed by atoms with Crippen LogP contribution in [0.25, 0.3) is 6.08 Å². The summed E-state index contributed by atoms with van der Waals surface area (Å²) in [6.07, 6.45) is 2.78. The fourth-order valence-corrected chi connectivity index (χ4v) is 1.87. The molecule has 0 aliphatic rings. The number of para-hydroxylation sites is 1. The quantitative estimate of drug-likeness (QED) is 0.428. The summed E-state index contributed by atoms with van der Waals surface area (Å²) in [5.41, 5.74) is 4.74. The molecular formula is C17H17N3O4S. The summed E-state index contributed by atoms with van der Waals surface area (Å²) >= 11 is 4.91. The molecule has 0 saturated carbocycles. The fraction of sp³-hybridized carbons (Fsp3) is 0.118. The molecule has 2 aromatic rings. The molecule has 0 aliphatic heterocycles. The lowest BCUT2D eigenvalue weighted by molar-refractivity contribution is -0.123. The summed E-state index contributed by atoms with van der Waals surface area (Å²) in [7, 11) is 0. The van der Waals surface area contributed by atoms with Crippen LogP contribution in [0.4, 0.5) is 0 Å². The first-order valence-electron chi connectivity index (χ1n) is 7.35. The van der Waals surface area contributed by atoms with E-state index in [1.807, 2.05) is 6.07 Å². The third kappa shape index (κ3) is 6.88. The second kappa shape index (κ2) is 9.24. The molecule has 0 atom stereocenters. The predicted octanol–water partition coefficient (Wildman–Crippen LogP) is 1.70. The highest BCUT2D eigenvalue weighted by Gasteiger charge is 2.05. The van der Waals surface area contributed by atoms with Crippen molar-refractivity contribution < 1.29 is 18.7 Å². The Morgan fingerprint density at radius 2 is 1.92 bits per heavy atom. The molecule has 0 fully saturated rings. The van der Waals surface area contributed by atoms with Crippen molar-refractivity contribution in [2.24, 2.45) is 0 Å². The SMILES string of the molecule is Cc1ccc(/C=C/C(=O)NC(=S)NNC(=O)COc2ccccc2)o1. The van der Waals surface area contributed by atoms with Gasteiger partial charge < -0.3 is 9.15 Å². The molecule has 0 aliphatic carbocycles. The van der Waals surface area contributed by atoms with Crippen molar-refractivity contribution >= 4 is 35.2 Å². The van der Waals surface area contributed by atoms with E-state index < -0.39 is 11.8 Å². The molecule has 1 heterocycles. The summed E-state index contributed by atoms with van der Waals surface area (Å²) in [6, 6.07) is 12.4. The maximum atomic E-state index is 11.7. The number of thiocarbonyl (C=S) groups is 1. The number of carbonyl (C=O) groups excluding carboxylic acids is 2. The highest BCUT2D eigenvalue weighted by Crippen LogP contribution is 2.08. The first-order valence-corrected chi connectivity index (χ1v) is 7.76. The van der Waals surface area contributed by atoms with Crippen LogP contribution in [-0.2, 0) is 9.59 Å². The Morgan fingerprint density at radius 3 is 2.60 bits per heavy atom. The molecule has 25 heavy (non-hydrogen) atoms. The second-order valence-corrected chi connectivity index (χ2v) is 5.28. The number of carbonyl (C=O) groups is 2. The standard InChI is InChI=1S/C17H17N3O4S/c1-12-7-8-14(24-12)9-10-15(21)18-17(25)20-19-16(22)11-23-13-5-3-2-4-6-13/h2-10H,11H2,1H3,(H,19,22)(H2,18,20,21,25)/b10-9+. The number of benzene rings is 1. The molecule has 7 nitrogen and oxygen atoms in total. The van der Waals surface area contributed by atoms with Crippen molar-refractivity contribution in [1.82, 2.24) is 16.2 Å². The molecule has 0 spiro atoms. The number of ether oxygens (including phenoxy) is 1. The average molecular weight is 359 g/mol. The van der Waals surface area contributed by atoms with Gasteiger partial charge >= 0.3 is 0 Å². The number of aryl methyl sites for hydroxylation is 1. The van der Waals surface area contributed by atoms with Gasteiger partial charge in [-0.25, -0.2) is 0 Å². The average Bonchev–Trinajstić information content (AvgIpc) is 3.02. The minimum atomic E-state index is -0.457. The lowest BCUT2D eigenvalue weighted by Crippen LogP contribution is -2.49. The van der Waals surface area contributed by atoms with E-state index >= 15 is 0 Å². The molecule has 3 N–H and O–H groups in total. The van der Waals surface area contributed by atoms with Crippen molar-refractivity contribution in [3.05, 3.63) is 60.1 Å². The number of hydrogen-bond acceptors (Lipinski definition) is 5. The zero-order valence-electron chi connectivity index (χ0n) is 13.4. The van der Waals surface area contributed by atoms with E-state index in [4.69, 9.17) is 21.4 Å². The molecule has 8 heteroatoms. The normalized spacial score (nSPS) is 10.3. The van der Waals surface area contributed by atoms with Crippen molar-refractivity contribution in [3.63, 3.8) is 0 Å². The first kappa shape index (κ1) is 18.2. The number of hydrogen-bond donors (Lipinski definition) is 3. The number of amides is 2. The Balaban J connectivity index is 1.66. The third-order valence-corrected chi connectivity index (χ3v) is 3.03. The van der Waals surface area contributed by atoms with E-state index in [2.05, 4.69) is 16.2 Å². The fourth-order valence-electron chi connectivity index (χ4n) is 1.71. The number of hydrazine groups is 1. The summed E-state index contributed by atoms with van der Waals surface area (Å²) in [4.78, 5) is 23.3. The zero-order valence-corrected chi connectivity index (χ0v) is 14.3. The lowest BCUT2D eigenvalue weighted by Gasteiger charge is -2.10. The van der Waals surface area contributed by atoms with Gasteiger partial charge in [0.1, 0.15) is 17.3 Å². The first-order chi connectivity index (χ1) is 12.0. The highest BCUT2D eigenvalue weighted by molar-refractivity contribution is 7.80. The Labute approximate surface area is 150 Å². The number of nitrogens with one attached hydrogen (secondary N) is 3. The monoisotopic (exact) mass is 359 g/mol. The molecule has 2 amide bonds. The van der Waals surface area contributed by atoms with Crippen LogP contribution in [0.2, 0.25) is 0 Å². The molecule has 0 unspecified atom stereocenters. The second-order valence-electron chi connectivity index (χ2n) is 4.88. The molecular weight excluding hydrogens is 342 g/mol. The maximum Gasteiger partial charge on any atom is 0.276 e. The van der Waals surface area contributed by atoms with Crippen LogP contribution in [0.5, 0.6) is 5.75 Å². The van der Waals surface area contributed by atoms with Gasteiger partial charge in [0.05, 0.1) is 0 Å². The van der Waals surface area contributed by atoms with Crippen molar-refractivity contribution in [1.29, 1.82) is 0 Å². The van der Waals surface area contributed by atoms with Gasteiger partial charge in [0, 0.05) is 6.08 Å². The van der Waals surface area contributed by atoms with Crippen molar-refractivity contribution in [3.8, 4) is 5.75 Å². The number of rotatable bonds is 5. The summed E-state index contributed by atoms with van der Waals surface area (Å²) < 4.78 is 10.6.